The van der Waals surface area contributed by atoms with E-state index in [9.17, 15) is 10.1 Å². The van der Waals surface area contributed by atoms with Gasteiger partial charge in [-0.3, -0.25) is 10.1 Å². The van der Waals surface area contributed by atoms with Crippen LogP contribution in [0.15, 0.2) is 12.1 Å². The molecule has 6 nitrogen and oxygen atoms in total. The van der Waals surface area contributed by atoms with Crippen LogP contribution in [0.5, 0.6) is 0 Å². The van der Waals surface area contributed by atoms with Crippen LogP contribution in [0.4, 0.5) is 11.5 Å². The highest BCUT2D eigenvalue weighted by molar-refractivity contribution is 6.29. The predicted molar refractivity (Wildman–Crippen MR) is 79.2 cm³/mol. The summed E-state index contributed by atoms with van der Waals surface area (Å²) in [6.45, 7) is 3.05. The van der Waals surface area contributed by atoms with Crippen LogP contribution in [0.1, 0.15) is 19.3 Å². The molecule has 1 aliphatic heterocycles. The van der Waals surface area contributed by atoms with Gasteiger partial charge in [0.1, 0.15) is 11.0 Å². The first-order chi connectivity index (χ1) is 9.54. The summed E-state index contributed by atoms with van der Waals surface area (Å²) in [6.07, 6.45) is 3.47. The van der Waals surface area contributed by atoms with Gasteiger partial charge in [0.2, 0.25) is 0 Å². The van der Waals surface area contributed by atoms with E-state index in [1.165, 1.54) is 25.0 Å². The lowest BCUT2D eigenvalue weighted by Crippen LogP contribution is -2.30. The normalized spacial score (nSPS) is 17.1. The highest BCUT2D eigenvalue weighted by Crippen LogP contribution is 2.22. The maximum absolute atomic E-state index is 10.7. The van der Waals surface area contributed by atoms with Gasteiger partial charge in [0.15, 0.2) is 0 Å². The molecule has 1 saturated heterocycles. The molecule has 2 heterocycles. The lowest BCUT2D eigenvalue weighted by Gasteiger charge is -2.28. The Morgan fingerprint density at radius 1 is 1.50 bits per heavy atom. The Bertz CT molecular complexity index is 475. The molecule has 2 rings (SSSR count). The van der Waals surface area contributed by atoms with E-state index in [1.54, 1.807) is 0 Å². The number of halogens is 1. The second-order valence-electron chi connectivity index (χ2n) is 5.25. The van der Waals surface area contributed by atoms with Crippen LogP contribution in [0.2, 0.25) is 5.15 Å². The van der Waals surface area contributed by atoms with Crippen LogP contribution in [-0.2, 0) is 0 Å². The Labute approximate surface area is 123 Å². The Morgan fingerprint density at radius 3 is 2.85 bits per heavy atom. The molecular formula is C13H19ClN4O2. The number of likely N-dealkylation sites (tertiary alicyclic amines) is 1. The number of hydrogen-bond acceptors (Lipinski definition) is 5. The minimum absolute atomic E-state index is 0.0354. The summed E-state index contributed by atoms with van der Waals surface area (Å²) < 4.78 is 0. The maximum Gasteiger partial charge on any atom is 0.276 e. The summed E-state index contributed by atoms with van der Waals surface area (Å²) in [5, 5.41) is 14.0. The van der Waals surface area contributed by atoms with Gasteiger partial charge >= 0.3 is 0 Å². The Kier molecular flexibility index (Phi) is 5.14. The Morgan fingerprint density at radius 2 is 2.20 bits per heavy atom. The zero-order chi connectivity index (χ0) is 14.5. The van der Waals surface area contributed by atoms with E-state index in [0.29, 0.717) is 11.7 Å². The molecule has 0 atom stereocenters. The molecular weight excluding hydrogens is 280 g/mol. The van der Waals surface area contributed by atoms with E-state index >= 15 is 0 Å². The lowest BCUT2D eigenvalue weighted by atomic mass is 9.94. The number of piperidine rings is 1. The van der Waals surface area contributed by atoms with Crippen molar-refractivity contribution >= 4 is 23.1 Å². The Balaban J connectivity index is 1.83. The standard InChI is InChI=1S/C13H19ClN4O2/c1-17-6-3-10(4-7-17)2-5-15-13-9-11(18(19)20)8-12(14)16-13/h8-10H,2-7H2,1H3,(H,15,16). The third kappa shape index (κ3) is 4.31. The quantitative estimate of drug-likeness (QED) is 0.514. The fraction of sp³-hybridized carbons (Fsp3) is 0.615. The molecule has 0 radical (unpaired) electrons. The molecule has 0 unspecified atom stereocenters. The third-order valence-corrected chi connectivity index (χ3v) is 3.88. The molecule has 0 amide bonds. The van der Waals surface area contributed by atoms with Gasteiger partial charge in [0, 0.05) is 6.54 Å². The van der Waals surface area contributed by atoms with E-state index < -0.39 is 4.92 Å². The number of rotatable bonds is 5. The molecule has 110 valence electrons. The molecule has 0 bridgehead atoms. The van der Waals surface area contributed by atoms with Crippen molar-refractivity contribution in [3.05, 3.63) is 27.4 Å². The summed E-state index contributed by atoms with van der Waals surface area (Å²) in [6, 6.07) is 2.67. The molecule has 0 aliphatic carbocycles. The second kappa shape index (κ2) is 6.85. The van der Waals surface area contributed by atoms with E-state index in [-0.39, 0.29) is 10.8 Å². The molecule has 1 aromatic rings. The van der Waals surface area contributed by atoms with Crippen molar-refractivity contribution in [2.45, 2.75) is 19.3 Å². The molecule has 1 aliphatic rings. The Hall–Kier alpha value is -1.40. The zero-order valence-electron chi connectivity index (χ0n) is 11.5. The molecule has 0 saturated carbocycles. The third-order valence-electron chi connectivity index (χ3n) is 3.69. The summed E-state index contributed by atoms with van der Waals surface area (Å²) >= 11 is 5.78. The summed E-state index contributed by atoms with van der Waals surface area (Å²) in [7, 11) is 2.14. The smallest absolute Gasteiger partial charge is 0.276 e. The van der Waals surface area contributed by atoms with Crippen molar-refractivity contribution in [2.24, 2.45) is 5.92 Å². The summed E-state index contributed by atoms with van der Waals surface area (Å²) in [5.41, 5.74) is -0.0354. The van der Waals surface area contributed by atoms with E-state index in [1.807, 2.05) is 0 Å². The zero-order valence-corrected chi connectivity index (χ0v) is 12.3. The van der Waals surface area contributed by atoms with Gasteiger partial charge < -0.3 is 10.2 Å². The molecule has 0 aromatic carbocycles. The molecule has 20 heavy (non-hydrogen) atoms. The largest absolute Gasteiger partial charge is 0.370 e. The summed E-state index contributed by atoms with van der Waals surface area (Å²) in [5.74, 6) is 1.19. The number of nitrogens with one attached hydrogen (secondary N) is 1. The number of hydrogen-bond donors (Lipinski definition) is 1. The number of nitro groups is 1. The molecule has 0 spiro atoms. The predicted octanol–water partition coefficient (Wildman–Crippen LogP) is 2.79. The van der Waals surface area contributed by atoms with E-state index in [2.05, 4.69) is 22.2 Å². The molecule has 1 N–H and O–H groups in total. The average Bonchev–Trinajstić information content (AvgIpc) is 2.40. The molecule has 1 fully saturated rings. The van der Waals surface area contributed by atoms with Crippen LogP contribution in [0.3, 0.4) is 0 Å². The number of nitrogens with zero attached hydrogens (tertiary/aromatic N) is 3. The lowest BCUT2D eigenvalue weighted by molar-refractivity contribution is -0.384. The molecule has 1 aromatic heterocycles. The number of aromatic nitrogens is 1. The van der Waals surface area contributed by atoms with Crippen LogP contribution in [0, 0.1) is 16.0 Å². The fourth-order valence-corrected chi connectivity index (χ4v) is 2.64. The second-order valence-corrected chi connectivity index (χ2v) is 5.64. The monoisotopic (exact) mass is 298 g/mol. The van der Waals surface area contributed by atoms with Gasteiger partial charge in [0.05, 0.1) is 17.1 Å². The average molecular weight is 299 g/mol. The topological polar surface area (TPSA) is 71.3 Å². The van der Waals surface area contributed by atoms with Crippen molar-refractivity contribution in [3.63, 3.8) is 0 Å². The van der Waals surface area contributed by atoms with Gasteiger partial charge in [-0.05, 0) is 45.3 Å². The van der Waals surface area contributed by atoms with Crippen LogP contribution in [-0.4, -0.2) is 41.5 Å². The van der Waals surface area contributed by atoms with Gasteiger partial charge in [0.25, 0.3) is 5.69 Å². The van der Waals surface area contributed by atoms with Crippen LogP contribution >= 0.6 is 11.6 Å². The van der Waals surface area contributed by atoms with Gasteiger partial charge in [-0.25, -0.2) is 4.98 Å². The molecule has 7 heteroatoms. The van der Waals surface area contributed by atoms with Crippen molar-refractivity contribution in [1.29, 1.82) is 0 Å². The number of pyridine rings is 1. The van der Waals surface area contributed by atoms with Gasteiger partial charge in [-0.15, -0.1) is 0 Å². The van der Waals surface area contributed by atoms with Gasteiger partial charge in [-0.2, -0.15) is 0 Å². The van der Waals surface area contributed by atoms with Crippen LogP contribution in [0.25, 0.3) is 0 Å². The first kappa shape index (κ1) is 15.0. The first-order valence-corrected chi connectivity index (χ1v) is 7.17. The van der Waals surface area contributed by atoms with Crippen molar-refractivity contribution < 1.29 is 4.92 Å². The van der Waals surface area contributed by atoms with Crippen LogP contribution < -0.4 is 5.32 Å². The highest BCUT2D eigenvalue weighted by Gasteiger charge is 2.16. The highest BCUT2D eigenvalue weighted by atomic mass is 35.5. The van der Waals surface area contributed by atoms with Crippen molar-refractivity contribution in [1.82, 2.24) is 9.88 Å². The SMILES string of the molecule is CN1CCC(CCNc2cc([N+](=O)[O-])cc(Cl)n2)CC1. The van der Waals surface area contributed by atoms with Gasteiger partial charge in [-0.1, -0.05) is 11.6 Å². The maximum atomic E-state index is 10.7. The van der Waals surface area contributed by atoms with Crippen molar-refractivity contribution in [2.75, 3.05) is 32.0 Å². The minimum Gasteiger partial charge on any atom is -0.370 e. The summed E-state index contributed by atoms with van der Waals surface area (Å²) in [4.78, 5) is 16.7. The van der Waals surface area contributed by atoms with E-state index in [4.69, 9.17) is 11.6 Å². The fourth-order valence-electron chi connectivity index (χ4n) is 2.43. The van der Waals surface area contributed by atoms with Crippen molar-refractivity contribution in [3.8, 4) is 0 Å². The number of anilines is 1. The first-order valence-electron chi connectivity index (χ1n) is 6.79. The van der Waals surface area contributed by atoms with E-state index in [0.717, 1.165) is 26.1 Å². The minimum atomic E-state index is -0.463.